The molecule has 6 nitrogen and oxygen atoms in total. The molecule has 6 heteroatoms. The standard InChI is InChI=1S/C12H21N3O3/c1-8(2)10(4-5-16)13-7-11-9(12(17)18)6-14-15(11)3/h6,8,10,13,16H,4-5,7H2,1-3H3,(H,17,18). The predicted molar refractivity (Wildman–Crippen MR) is 67.3 cm³/mol. The van der Waals surface area contributed by atoms with Gasteiger partial charge >= 0.3 is 5.97 Å². The summed E-state index contributed by atoms with van der Waals surface area (Å²) in [5.74, 6) is -0.596. The summed E-state index contributed by atoms with van der Waals surface area (Å²) < 4.78 is 1.56. The fourth-order valence-electron chi connectivity index (χ4n) is 1.89. The van der Waals surface area contributed by atoms with Gasteiger partial charge in [-0.15, -0.1) is 0 Å². The minimum atomic E-state index is -0.969. The molecule has 1 unspecified atom stereocenters. The van der Waals surface area contributed by atoms with Crippen LogP contribution >= 0.6 is 0 Å². The van der Waals surface area contributed by atoms with Crippen molar-refractivity contribution in [2.75, 3.05) is 6.61 Å². The Morgan fingerprint density at radius 3 is 2.72 bits per heavy atom. The van der Waals surface area contributed by atoms with Gasteiger partial charge in [0.05, 0.1) is 11.9 Å². The van der Waals surface area contributed by atoms with E-state index in [1.54, 1.807) is 11.7 Å². The van der Waals surface area contributed by atoms with Crippen LogP contribution in [0.1, 0.15) is 36.3 Å². The Morgan fingerprint density at radius 2 is 2.22 bits per heavy atom. The number of nitrogens with one attached hydrogen (secondary N) is 1. The third-order valence-electron chi connectivity index (χ3n) is 3.07. The van der Waals surface area contributed by atoms with Crippen molar-refractivity contribution in [3.63, 3.8) is 0 Å². The second-order valence-electron chi connectivity index (χ2n) is 4.68. The molecule has 102 valence electrons. The Bertz CT molecular complexity index is 401. The number of aromatic carboxylic acids is 1. The summed E-state index contributed by atoms with van der Waals surface area (Å²) in [6.07, 6.45) is 2.01. The van der Waals surface area contributed by atoms with Crippen molar-refractivity contribution in [2.24, 2.45) is 13.0 Å². The molecule has 1 rings (SSSR count). The molecular weight excluding hydrogens is 234 g/mol. The average molecular weight is 255 g/mol. The molecule has 1 aromatic heterocycles. The zero-order valence-corrected chi connectivity index (χ0v) is 11.1. The number of hydrogen-bond acceptors (Lipinski definition) is 4. The van der Waals surface area contributed by atoms with Crippen LogP contribution in [-0.4, -0.2) is 38.6 Å². The van der Waals surface area contributed by atoms with Gasteiger partial charge in [-0.3, -0.25) is 4.68 Å². The SMILES string of the molecule is CC(C)C(CCO)NCc1c(C(=O)O)cnn1C. The maximum Gasteiger partial charge on any atom is 0.339 e. The van der Waals surface area contributed by atoms with E-state index in [-0.39, 0.29) is 18.2 Å². The van der Waals surface area contributed by atoms with Crippen LogP contribution in [0.25, 0.3) is 0 Å². The van der Waals surface area contributed by atoms with Crippen LogP contribution in [0, 0.1) is 5.92 Å². The number of carboxylic acid groups (broad SMARTS) is 1. The van der Waals surface area contributed by atoms with Crippen LogP contribution in [0.4, 0.5) is 0 Å². The average Bonchev–Trinajstić information content (AvgIpc) is 2.65. The lowest BCUT2D eigenvalue weighted by Crippen LogP contribution is -2.35. The molecule has 0 radical (unpaired) electrons. The molecule has 0 aliphatic heterocycles. The number of nitrogens with zero attached hydrogens (tertiary/aromatic N) is 2. The van der Waals surface area contributed by atoms with Crippen LogP contribution in [0.5, 0.6) is 0 Å². The highest BCUT2D eigenvalue weighted by Gasteiger charge is 2.17. The lowest BCUT2D eigenvalue weighted by Gasteiger charge is -2.21. The van der Waals surface area contributed by atoms with E-state index in [4.69, 9.17) is 10.2 Å². The van der Waals surface area contributed by atoms with Crippen molar-refractivity contribution in [3.8, 4) is 0 Å². The summed E-state index contributed by atoms with van der Waals surface area (Å²) in [6.45, 7) is 4.68. The number of aliphatic hydroxyl groups is 1. The van der Waals surface area contributed by atoms with Gasteiger partial charge in [0.25, 0.3) is 0 Å². The van der Waals surface area contributed by atoms with Crippen LogP contribution in [0.15, 0.2) is 6.20 Å². The fourth-order valence-corrected chi connectivity index (χ4v) is 1.89. The predicted octanol–water partition coefficient (Wildman–Crippen LogP) is 0.615. The molecule has 0 bridgehead atoms. The van der Waals surface area contributed by atoms with Crippen molar-refractivity contribution in [1.82, 2.24) is 15.1 Å². The molecule has 0 aliphatic rings. The van der Waals surface area contributed by atoms with Crippen LogP contribution < -0.4 is 5.32 Å². The summed E-state index contributed by atoms with van der Waals surface area (Å²) in [5.41, 5.74) is 0.864. The summed E-state index contributed by atoms with van der Waals surface area (Å²) in [5, 5.41) is 25.3. The third kappa shape index (κ3) is 3.54. The molecule has 0 aliphatic carbocycles. The van der Waals surface area contributed by atoms with Gasteiger partial charge in [0.2, 0.25) is 0 Å². The van der Waals surface area contributed by atoms with Gasteiger partial charge in [-0.1, -0.05) is 13.8 Å². The summed E-state index contributed by atoms with van der Waals surface area (Å²) in [7, 11) is 1.72. The second kappa shape index (κ2) is 6.51. The number of carboxylic acids is 1. The molecular formula is C12H21N3O3. The Hall–Kier alpha value is -1.40. The van der Waals surface area contributed by atoms with Gasteiger partial charge in [-0.25, -0.2) is 4.79 Å². The van der Waals surface area contributed by atoms with Gasteiger partial charge in [-0.05, 0) is 12.3 Å². The molecule has 1 atom stereocenters. The maximum atomic E-state index is 11.0. The van der Waals surface area contributed by atoms with E-state index in [1.807, 2.05) is 0 Å². The van der Waals surface area contributed by atoms with Crippen molar-refractivity contribution >= 4 is 5.97 Å². The number of carbonyl (C=O) groups is 1. The van der Waals surface area contributed by atoms with E-state index in [0.717, 1.165) is 0 Å². The van der Waals surface area contributed by atoms with E-state index in [0.29, 0.717) is 24.6 Å². The van der Waals surface area contributed by atoms with Gasteiger partial charge in [0, 0.05) is 26.2 Å². The Kier molecular flexibility index (Phi) is 5.30. The number of hydrogen-bond donors (Lipinski definition) is 3. The lowest BCUT2D eigenvalue weighted by molar-refractivity contribution is 0.0695. The van der Waals surface area contributed by atoms with Gasteiger partial charge in [0.15, 0.2) is 0 Å². The fraction of sp³-hybridized carbons (Fsp3) is 0.667. The topological polar surface area (TPSA) is 87.4 Å². The summed E-state index contributed by atoms with van der Waals surface area (Å²) in [6, 6.07) is 0.159. The molecule has 1 aromatic rings. The van der Waals surface area contributed by atoms with Crippen LogP contribution in [0.3, 0.4) is 0 Å². The minimum absolute atomic E-state index is 0.118. The summed E-state index contributed by atoms with van der Waals surface area (Å²) >= 11 is 0. The van der Waals surface area contributed by atoms with Crippen molar-refractivity contribution in [3.05, 3.63) is 17.5 Å². The van der Waals surface area contributed by atoms with Gasteiger partial charge < -0.3 is 15.5 Å². The monoisotopic (exact) mass is 255 g/mol. The number of aliphatic hydroxyl groups excluding tert-OH is 1. The largest absolute Gasteiger partial charge is 0.478 e. The maximum absolute atomic E-state index is 11.0. The highest BCUT2D eigenvalue weighted by Crippen LogP contribution is 2.10. The lowest BCUT2D eigenvalue weighted by atomic mass is 10.0. The van der Waals surface area contributed by atoms with Gasteiger partial charge in [-0.2, -0.15) is 5.10 Å². The van der Waals surface area contributed by atoms with E-state index in [1.165, 1.54) is 6.20 Å². The van der Waals surface area contributed by atoms with E-state index < -0.39 is 5.97 Å². The molecule has 0 amide bonds. The zero-order chi connectivity index (χ0) is 13.7. The first-order valence-corrected chi connectivity index (χ1v) is 6.05. The molecule has 3 N–H and O–H groups in total. The first-order chi connectivity index (χ1) is 8.47. The normalized spacial score (nSPS) is 12.9. The molecule has 0 fully saturated rings. The van der Waals surface area contributed by atoms with Crippen molar-refractivity contribution in [2.45, 2.75) is 32.9 Å². The third-order valence-corrected chi connectivity index (χ3v) is 3.07. The zero-order valence-electron chi connectivity index (χ0n) is 11.1. The highest BCUT2D eigenvalue weighted by molar-refractivity contribution is 5.88. The molecule has 0 saturated heterocycles. The molecule has 18 heavy (non-hydrogen) atoms. The molecule has 0 spiro atoms. The Balaban J connectivity index is 2.72. The first-order valence-electron chi connectivity index (χ1n) is 6.05. The van der Waals surface area contributed by atoms with Crippen LogP contribution in [-0.2, 0) is 13.6 Å². The van der Waals surface area contributed by atoms with E-state index in [9.17, 15) is 4.79 Å². The minimum Gasteiger partial charge on any atom is -0.478 e. The van der Waals surface area contributed by atoms with Crippen molar-refractivity contribution < 1.29 is 15.0 Å². The van der Waals surface area contributed by atoms with E-state index in [2.05, 4.69) is 24.3 Å². The molecule has 0 aromatic carbocycles. The Morgan fingerprint density at radius 1 is 1.56 bits per heavy atom. The van der Waals surface area contributed by atoms with Crippen LogP contribution in [0.2, 0.25) is 0 Å². The first kappa shape index (κ1) is 14.7. The number of rotatable bonds is 7. The Labute approximate surface area is 107 Å². The van der Waals surface area contributed by atoms with E-state index >= 15 is 0 Å². The molecule has 1 heterocycles. The number of aryl methyl sites for hydroxylation is 1. The second-order valence-corrected chi connectivity index (χ2v) is 4.68. The number of aromatic nitrogens is 2. The quantitative estimate of drug-likeness (QED) is 0.664. The van der Waals surface area contributed by atoms with Crippen molar-refractivity contribution in [1.29, 1.82) is 0 Å². The molecule has 0 saturated carbocycles. The smallest absolute Gasteiger partial charge is 0.339 e. The summed E-state index contributed by atoms with van der Waals surface area (Å²) in [4.78, 5) is 11.0. The highest BCUT2D eigenvalue weighted by atomic mass is 16.4. The van der Waals surface area contributed by atoms with Gasteiger partial charge in [0.1, 0.15) is 5.56 Å².